The second-order valence-electron chi connectivity index (χ2n) is 5.93. The minimum Gasteiger partial charge on any atom is -0.496 e. The summed E-state index contributed by atoms with van der Waals surface area (Å²) in [7, 11) is 3.10. The number of thioether (sulfide) groups is 1. The zero-order chi connectivity index (χ0) is 18.5. The van der Waals surface area contributed by atoms with Crippen molar-refractivity contribution in [2.75, 3.05) is 27.3 Å². The molecule has 136 valence electrons. The lowest BCUT2D eigenvalue weighted by Crippen LogP contribution is -2.33. The molecule has 5 nitrogen and oxygen atoms in total. The highest BCUT2D eigenvalue weighted by Crippen LogP contribution is 2.31. The number of rotatable bonds is 5. The van der Waals surface area contributed by atoms with E-state index in [2.05, 4.69) is 36.2 Å². The fourth-order valence-electron chi connectivity index (χ4n) is 2.77. The van der Waals surface area contributed by atoms with Gasteiger partial charge in [-0.1, -0.05) is 47.7 Å². The van der Waals surface area contributed by atoms with Crippen LogP contribution >= 0.6 is 11.8 Å². The van der Waals surface area contributed by atoms with E-state index in [-0.39, 0.29) is 5.91 Å². The zero-order valence-electron chi connectivity index (χ0n) is 15.2. The van der Waals surface area contributed by atoms with Crippen molar-refractivity contribution < 1.29 is 14.3 Å². The molecule has 2 aromatic carbocycles. The van der Waals surface area contributed by atoms with Crippen LogP contribution in [0.4, 0.5) is 0 Å². The molecular weight excluding hydrogens is 348 g/mol. The Labute approximate surface area is 158 Å². The maximum atomic E-state index is 13.1. The molecule has 0 aromatic heterocycles. The van der Waals surface area contributed by atoms with Gasteiger partial charge in [-0.15, -0.1) is 0 Å². The molecule has 1 amide bonds. The van der Waals surface area contributed by atoms with Crippen molar-refractivity contribution in [3.8, 4) is 11.5 Å². The van der Waals surface area contributed by atoms with Crippen molar-refractivity contribution in [1.29, 1.82) is 0 Å². The smallest absolute Gasteiger partial charge is 0.267 e. The minimum atomic E-state index is -0.146. The van der Waals surface area contributed by atoms with Crippen LogP contribution in [0.15, 0.2) is 47.5 Å². The largest absolute Gasteiger partial charge is 0.496 e. The first-order valence-corrected chi connectivity index (χ1v) is 9.38. The summed E-state index contributed by atoms with van der Waals surface area (Å²) in [6.45, 7) is 3.24. The van der Waals surface area contributed by atoms with Gasteiger partial charge in [-0.25, -0.2) is 0 Å². The molecule has 1 aliphatic rings. The molecule has 1 heterocycles. The van der Waals surface area contributed by atoms with Crippen LogP contribution in [0.1, 0.15) is 21.5 Å². The number of hydrogen-bond donors (Lipinski definition) is 0. The Kier molecular flexibility index (Phi) is 5.83. The third-order valence-corrected chi connectivity index (χ3v) is 5.26. The van der Waals surface area contributed by atoms with Crippen molar-refractivity contribution in [1.82, 2.24) is 4.90 Å². The first kappa shape index (κ1) is 18.3. The van der Waals surface area contributed by atoms with Crippen LogP contribution in [0, 0.1) is 6.92 Å². The lowest BCUT2D eigenvalue weighted by molar-refractivity contribution is 0.0854. The average molecular weight is 370 g/mol. The van der Waals surface area contributed by atoms with Gasteiger partial charge in [0.25, 0.3) is 5.91 Å². The Morgan fingerprint density at radius 1 is 1.12 bits per heavy atom. The van der Waals surface area contributed by atoms with Gasteiger partial charge in [0.2, 0.25) is 0 Å². The Morgan fingerprint density at radius 2 is 1.77 bits per heavy atom. The first-order valence-electron chi connectivity index (χ1n) is 8.39. The molecule has 0 radical (unpaired) electrons. The number of carbonyl (C=O) groups is 1. The standard InChI is InChI=1S/C20H22N2O3S/c1-14-7-9-15(10-8-14)13-26-20-21-11-12-22(20)19(23)18-16(24-2)5-4-6-17(18)25-3/h4-10H,11-13H2,1-3H3. The molecule has 6 heteroatoms. The quantitative estimate of drug-likeness (QED) is 0.804. The van der Waals surface area contributed by atoms with E-state index in [1.165, 1.54) is 11.1 Å². The van der Waals surface area contributed by atoms with Gasteiger partial charge in [-0.2, -0.15) is 0 Å². The summed E-state index contributed by atoms with van der Waals surface area (Å²) in [5, 5.41) is 0.739. The number of aliphatic imine (C=N–C) groups is 1. The summed E-state index contributed by atoms with van der Waals surface area (Å²) in [5.41, 5.74) is 2.87. The normalized spacial score (nSPS) is 13.5. The van der Waals surface area contributed by atoms with E-state index in [4.69, 9.17) is 9.47 Å². The summed E-state index contributed by atoms with van der Waals surface area (Å²) in [5.74, 6) is 1.63. The van der Waals surface area contributed by atoms with Crippen LogP contribution in [0.5, 0.6) is 11.5 Å². The third kappa shape index (κ3) is 3.85. The summed E-state index contributed by atoms with van der Waals surface area (Å²) >= 11 is 1.57. The van der Waals surface area contributed by atoms with Crippen molar-refractivity contribution >= 4 is 22.8 Å². The highest BCUT2D eigenvalue weighted by atomic mass is 32.2. The maximum Gasteiger partial charge on any atom is 0.267 e. The molecule has 0 aliphatic carbocycles. The Bertz CT molecular complexity index is 796. The molecule has 2 aromatic rings. The summed E-state index contributed by atoms with van der Waals surface area (Å²) in [4.78, 5) is 19.4. The Hall–Kier alpha value is -2.47. The lowest BCUT2D eigenvalue weighted by Gasteiger charge is -2.20. The van der Waals surface area contributed by atoms with Crippen LogP contribution in [0.3, 0.4) is 0 Å². The summed E-state index contributed by atoms with van der Waals surface area (Å²) < 4.78 is 10.7. The SMILES string of the molecule is COc1cccc(OC)c1C(=O)N1CCN=C1SCc1ccc(C)cc1. The third-order valence-electron chi connectivity index (χ3n) is 4.18. The van der Waals surface area contributed by atoms with E-state index in [1.54, 1.807) is 49.1 Å². The van der Waals surface area contributed by atoms with Gasteiger partial charge in [0.15, 0.2) is 5.17 Å². The highest BCUT2D eigenvalue weighted by Gasteiger charge is 2.29. The molecule has 26 heavy (non-hydrogen) atoms. The number of hydrogen-bond acceptors (Lipinski definition) is 5. The number of amidine groups is 1. The number of benzene rings is 2. The molecule has 0 bridgehead atoms. The number of methoxy groups -OCH3 is 2. The Morgan fingerprint density at radius 3 is 2.38 bits per heavy atom. The predicted molar refractivity (Wildman–Crippen MR) is 105 cm³/mol. The van der Waals surface area contributed by atoms with Crippen LogP contribution in [-0.4, -0.2) is 43.3 Å². The van der Waals surface area contributed by atoms with Crippen LogP contribution < -0.4 is 9.47 Å². The van der Waals surface area contributed by atoms with Crippen molar-refractivity contribution in [3.05, 3.63) is 59.2 Å². The molecule has 0 saturated carbocycles. The van der Waals surface area contributed by atoms with Gasteiger partial charge in [-0.3, -0.25) is 14.7 Å². The van der Waals surface area contributed by atoms with E-state index in [1.807, 2.05) is 0 Å². The van der Waals surface area contributed by atoms with Gasteiger partial charge >= 0.3 is 0 Å². The van der Waals surface area contributed by atoms with Crippen molar-refractivity contribution in [3.63, 3.8) is 0 Å². The fraction of sp³-hybridized carbons (Fsp3) is 0.300. The number of aryl methyl sites for hydroxylation is 1. The van der Waals surface area contributed by atoms with Crippen molar-refractivity contribution in [2.45, 2.75) is 12.7 Å². The second kappa shape index (κ2) is 8.27. The van der Waals surface area contributed by atoms with E-state index < -0.39 is 0 Å². The topological polar surface area (TPSA) is 51.1 Å². The summed E-state index contributed by atoms with van der Waals surface area (Å²) in [6.07, 6.45) is 0. The number of nitrogens with zero attached hydrogens (tertiary/aromatic N) is 2. The van der Waals surface area contributed by atoms with Gasteiger partial charge in [-0.05, 0) is 24.6 Å². The van der Waals surface area contributed by atoms with Crippen LogP contribution in [0.25, 0.3) is 0 Å². The molecule has 0 fully saturated rings. The molecule has 1 aliphatic heterocycles. The van der Waals surface area contributed by atoms with E-state index in [0.717, 1.165) is 10.9 Å². The van der Waals surface area contributed by atoms with E-state index in [0.29, 0.717) is 30.2 Å². The Balaban J connectivity index is 1.77. The molecule has 0 unspecified atom stereocenters. The molecule has 0 N–H and O–H groups in total. The highest BCUT2D eigenvalue weighted by molar-refractivity contribution is 8.13. The maximum absolute atomic E-state index is 13.1. The molecule has 0 spiro atoms. The van der Waals surface area contributed by atoms with E-state index >= 15 is 0 Å². The first-order chi connectivity index (χ1) is 12.6. The fourth-order valence-corrected chi connectivity index (χ4v) is 3.77. The average Bonchev–Trinajstić information content (AvgIpc) is 3.15. The molecule has 0 saturated heterocycles. The van der Waals surface area contributed by atoms with Gasteiger partial charge in [0, 0.05) is 12.3 Å². The zero-order valence-corrected chi connectivity index (χ0v) is 16.0. The molecule has 0 atom stereocenters. The van der Waals surface area contributed by atoms with E-state index in [9.17, 15) is 4.79 Å². The lowest BCUT2D eigenvalue weighted by atomic mass is 10.1. The van der Waals surface area contributed by atoms with Crippen molar-refractivity contribution in [2.24, 2.45) is 4.99 Å². The number of ether oxygens (including phenoxy) is 2. The number of amides is 1. The molecule has 3 rings (SSSR count). The van der Waals surface area contributed by atoms with Crippen LogP contribution in [0.2, 0.25) is 0 Å². The monoisotopic (exact) mass is 370 g/mol. The summed E-state index contributed by atoms with van der Waals surface area (Å²) in [6, 6.07) is 13.7. The van der Waals surface area contributed by atoms with Gasteiger partial charge in [0.1, 0.15) is 17.1 Å². The second-order valence-corrected chi connectivity index (χ2v) is 6.88. The molecular formula is C20H22N2O3S. The number of carbonyl (C=O) groups excluding carboxylic acids is 1. The van der Waals surface area contributed by atoms with Crippen LogP contribution in [-0.2, 0) is 5.75 Å². The predicted octanol–water partition coefficient (Wildman–Crippen LogP) is 3.76. The minimum absolute atomic E-state index is 0.146. The van der Waals surface area contributed by atoms with Gasteiger partial charge in [0.05, 0.1) is 20.8 Å². The van der Waals surface area contributed by atoms with Gasteiger partial charge < -0.3 is 9.47 Å².